The van der Waals surface area contributed by atoms with Crippen LogP contribution >= 0.6 is 0 Å². The lowest BCUT2D eigenvalue weighted by Crippen LogP contribution is -2.66. The molecule has 5 nitrogen and oxygen atoms in total. The number of ether oxygens (including phenoxy) is 1. The summed E-state index contributed by atoms with van der Waals surface area (Å²) in [5, 5.41) is 20.5. The molecule has 136 valence electrons. The molecule has 0 radical (unpaired) electrons. The fourth-order valence-electron chi connectivity index (χ4n) is 4.26. The molecule has 4 N–H and O–H groups in total. The van der Waals surface area contributed by atoms with Gasteiger partial charge in [0.25, 0.3) is 0 Å². The average Bonchev–Trinajstić information content (AvgIpc) is 2.49. The van der Waals surface area contributed by atoms with Crippen molar-refractivity contribution in [3.8, 4) is 11.5 Å². The van der Waals surface area contributed by atoms with Crippen molar-refractivity contribution in [2.24, 2.45) is 5.73 Å². The van der Waals surface area contributed by atoms with Gasteiger partial charge >= 0.3 is 5.97 Å². The maximum absolute atomic E-state index is 11.8. The molecule has 2 unspecified atom stereocenters. The number of hydrogen-bond acceptors (Lipinski definition) is 4. The van der Waals surface area contributed by atoms with Gasteiger partial charge in [-0.15, -0.1) is 0 Å². The van der Waals surface area contributed by atoms with Crippen LogP contribution in [0.1, 0.15) is 74.4 Å². The van der Waals surface area contributed by atoms with Gasteiger partial charge in [-0.1, -0.05) is 25.0 Å². The highest BCUT2D eigenvalue weighted by molar-refractivity contribution is 5.94. The first-order chi connectivity index (χ1) is 11.6. The lowest BCUT2D eigenvalue weighted by molar-refractivity contribution is -0.0113. The number of carboxylic acid groups (broad SMARTS) is 1. The molecule has 0 aromatic heterocycles. The van der Waals surface area contributed by atoms with Crippen molar-refractivity contribution in [1.82, 2.24) is 0 Å². The number of nitrogens with two attached hydrogens (primary N) is 1. The summed E-state index contributed by atoms with van der Waals surface area (Å²) in [6, 6.07) is 1.78. The lowest BCUT2D eigenvalue weighted by Gasteiger charge is -2.54. The van der Waals surface area contributed by atoms with Crippen LogP contribution in [0.4, 0.5) is 0 Å². The monoisotopic (exact) mass is 345 g/mol. The van der Waals surface area contributed by atoms with Crippen LogP contribution in [0.5, 0.6) is 11.5 Å². The van der Waals surface area contributed by atoms with Gasteiger partial charge in [0, 0.05) is 11.5 Å². The molecule has 1 aromatic rings. The minimum Gasteiger partial charge on any atom is -0.507 e. The number of carboxylic acids is 1. The first kappa shape index (κ1) is 17.8. The highest BCUT2D eigenvalue weighted by Crippen LogP contribution is 2.55. The van der Waals surface area contributed by atoms with E-state index >= 15 is 0 Å². The van der Waals surface area contributed by atoms with Gasteiger partial charge in [0.2, 0.25) is 0 Å². The molecule has 0 bridgehead atoms. The quantitative estimate of drug-likeness (QED) is 0.726. The standard InChI is InChI=1S/C20H27NO4/c1-5-6-12-10-14-16(17(22)15(12)18(23)24)13-9-11(2)7-8-20(13,21)19(3,4)25-14/h9-10,13,22H,5-8,21H2,1-4H3,(H,23,24). The maximum Gasteiger partial charge on any atom is 0.339 e. The fraction of sp³-hybridized carbons (Fsp3) is 0.550. The lowest BCUT2D eigenvalue weighted by atomic mass is 9.62. The molecule has 2 aliphatic rings. The number of aryl methyl sites for hydroxylation is 1. The molecule has 0 fully saturated rings. The molecule has 3 rings (SSSR count). The van der Waals surface area contributed by atoms with Crippen LogP contribution in [-0.2, 0) is 6.42 Å². The number of phenols is 1. The van der Waals surface area contributed by atoms with E-state index in [1.54, 1.807) is 6.07 Å². The minimum absolute atomic E-state index is 0.0251. The fourth-order valence-corrected chi connectivity index (χ4v) is 4.26. The Balaban J connectivity index is 2.31. The highest BCUT2D eigenvalue weighted by atomic mass is 16.5. The Morgan fingerprint density at radius 1 is 1.44 bits per heavy atom. The smallest absolute Gasteiger partial charge is 0.339 e. The maximum atomic E-state index is 11.8. The van der Waals surface area contributed by atoms with Gasteiger partial charge in [0.15, 0.2) is 0 Å². The molecule has 2 atom stereocenters. The van der Waals surface area contributed by atoms with Gasteiger partial charge in [-0.3, -0.25) is 0 Å². The third kappa shape index (κ3) is 2.53. The number of benzene rings is 1. The zero-order valence-corrected chi connectivity index (χ0v) is 15.3. The van der Waals surface area contributed by atoms with Crippen LogP contribution in [0.2, 0.25) is 0 Å². The van der Waals surface area contributed by atoms with Crippen molar-refractivity contribution in [3.05, 3.63) is 34.4 Å². The molecule has 25 heavy (non-hydrogen) atoms. The zero-order chi connectivity index (χ0) is 18.6. The molecule has 0 spiro atoms. The Morgan fingerprint density at radius 3 is 2.72 bits per heavy atom. The SMILES string of the molecule is CCCc1cc2c(c(O)c1C(=O)O)C1C=C(C)CCC1(N)C(C)(C)O2. The first-order valence-electron chi connectivity index (χ1n) is 8.89. The molecule has 0 amide bonds. The van der Waals surface area contributed by atoms with Crippen molar-refractivity contribution in [2.75, 3.05) is 0 Å². The summed E-state index contributed by atoms with van der Waals surface area (Å²) in [6.45, 7) is 7.96. The molecule has 1 aliphatic carbocycles. The Labute approximate surface area is 148 Å². The van der Waals surface area contributed by atoms with E-state index in [0.717, 1.165) is 19.3 Å². The summed E-state index contributed by atoms with van der Waals surface area (Å²) in [7, 11) is 0. The van der Waals surface area contributed by atoms with Crippen molar-refractivity contribution in [1.29, 1.82) is 0 Å². The third-order valence-corrected chi connectivity index (χ3v) is 5.85. The summed E-state index contributed by atoms with van der Waals surface area (Å²) in [5.41, 5.74) is 7.75. The second kappa shape index (κ2) is 5.77. The predicted molar refractivity (Wildman–Crippen MR) is 96.4 cm³/mol. The van der Waals surface area contributed by atoms with E-state index in [-0.39, 0.29) is 17.2 Å². The summed E-state index contributed by atoms with van der Waals surface area (Å²) >= 11 is 0. The van der Waals surface area contributed by atoms with Crippen LogP contribution in [-0.4, -0.2) is 27.3 Å². The van der Waals surface area contributed by atoms with E-state index < -0.39 is 17.1 Å². The number of rotatable bonds is 3. The highest BCUT2D eigenvalue weighted by Gasteiger charge is 2.55. The third-order valence-electron chi connectivity index (χ3n) is 5.85. The molecule has 0 saturated heterocycles. The van der Waals surface area contributed by atoms with Crippen molar-refractivity contribution in [3.63, 3.8) is 0 Å². The predicted octanol–water partition coefficient (Wildman–Crippen LogP) is 3.74. The Kier molecular flexibility index (Phi) is 4.11. The van der Waals surface area contributed by atoms with Gasteiger partial charge in [0.05, 0.1) is 5.54 Å². The van der Waals surface area contributed by atoms with E-state index in [1.165, 1.54) is 5.57 Å². The second-order valence-corrected chi connectivity index (χ2v) is 7.87. The molecular formula is C20H27NO4. The van der Waals surface area contributed by atoms with E-state index in [4.69, 9.17) is 10.5 Å². The van der Waals surface area contributed by atoms with Crippen LogP contribution in [0.3, 0.4) is 0 Å². The zero-order valence-electron chi connectivity index (χ0n) is 15.3. The minimum atomic E-state index is -1.12. The Morgan fingerprint density at radius 2 is 2.12 bits per heavy atom. The summed E-state index contributed by atoms with van der Waals surface area (Å²) < 4.78 is 6.22. The van der Waals surface area contributed by atoms with E-state index in [2.05, 4.69) is 6.08 Å². The second-order valence-electron chi connectivity index (χ2n) is 7.87. The average molecular weight is 345 g/mol. The molecule has 1 heterocycles. The van der Waals surface area contributed by atoms with Gasteiger partial charge < -0.3 is 20.7 Å². The van der Waals surface area contributed by atoms with Gasteiger partial charge in [-0.05, 0) is 51.7 Å². The van der Waals surface area contributed by atoms with Crippen molar-refractivity contribution in [2.45, 2.75) is 70.4 Å². The topological polar surface area (TPSA) is 92.8 Å². The number of hydrogen-bond donors (Lipinski definition) is 3. The Hall–Kier alpha value is -2.01. The molecule has 0 saturated carbocycles. The van der Waals surface area contributed by atoms with Gasteiger partial charge in [-0.2, -0.15) is 0 Å². The normalized spacial score (nSPS) is 26.9. The summed E-state index contributed by atoms with van der Waals surface area (Å²) in [4.78, 5) is 11.8. The van der Waals surface area contributed by atoms with Crippen LogP contribution < -0.4 is 10.5 Å². The first-order valence-corrected chi connectivity index (χ1v) is 8.89. The molecular weight excluding hydrogens is 318 g/mol. The summed E-state index contributed by atoms with van der Waals surface area (Å²) in [6.07, 6.45) is 5.02. The largest absolute Gasteiger partial charge is 0.507 e. The molecule has 5 heteroatoms. The number of carbonyl (C=O) groups is 1. The van der Waals surface area contributed by atoms with Crippen LogP contribution in [0, 0.1) is 0 Å². The van der Waals surface area contributed by atoms with E-state index in [9.17, 15) is 15.0 Å². The molecule has 1 aromatic carbocycles. The van der Waals surface area contributed by atoms with Gasteiger partial charge in [0.1, 0.15) is 22.7 Å². The van der Waals surface area contributed by atoms with Crippen molar-refractivity contribution < 1.29 is 19.7 Å². The number of fused-ring (bicyclic) bond motifs is 3. The van der Waals surface area contributed by atoms with Crippen LogP contribution in [0.15, 0.2) is 17.7 Å². The number of aromatic carboxylic acids is 1. The summed E-state index contributed by atoms with van der Waals surface area (Å²) in [5.74, 6) is -1.04. The van der Waals surface area contributed by atoms with Crippen LogP contribution in [0.25, 0.3) is 0 Å². The van der Waals surface area contributed by atoms with Crippen molar-refractivity contribution >= 4 is 5.97 Å². The number of allylic oxidation sites excluding steroid dienone is 1. The van der Waals surface area contributed by atoms with Gasteiger partial charge in [-0.25, -0.2) is 4.79 Å². The number of aromatic hydroxyl groups is 1. The molecule has 1 aliphatic heterocycles. The van der Waals surface area contributed by atoms with E-state index in [0.29, 0.717) is 23.3 Å². The Bertz CT molecular complexity index is 765. The van der Waals surface area contributed by atoms with E-state index in [1.807, 2.05) is 27.7 Å².